The van der Waals surface area contributed by atoms with Gasteiger partial charge in [-0.1, -0.05) is 24.3 Å². The maximum absolute atomic E-state index is 12.1. The number of rotatable bonds is 4. The molecule has 2 amide bonds. The van der Waals surface area contributed by atoms with E-state index in [1.165, 1.54) is 5.56 Å². The van der Waals surface area contributed by atoms with E-state index in [1.54, 1.807) is 0 Å². The van der Waals surface area contributed by atoms with E-state index in [0.29, 0.717) is 5.92 Å². The normalized spacial score (nSPS) is 19.6. The number of benzene rings is 2. The predicted octanol–water partition coefficient (Wildman–Crippen LogP) is 5.00. The van der Waals surface area contributed by atoms with E-state index in [2.05, 4.69) is 10.6 Å². The Morgan fingerprint density at radius 2 is 1.58 bits per heavy atom. The number of carbonyl (C=O) groups excluding carboxylic acids is 1. The van der Waals surface area contributed by atoms with Crippen molar-refractivity contribution in [1.29, 1.82) is 0 Å². The number of amides is 2. The van der Waals surface area contributed by atoms with Gasteiger partial charge in [0.25, 0.3) is 0 Å². The SMILES string of the molecule is Cc1cccc(NC(=O)Nc2ccc([C@H]3CC[C@H](C(=O)O)CC3)cc2)c1. The Balaban J connectivity index is 1.54. The minimum atomic E-state index is -0.678. The number of hydrogen-bond acceptors (Lipinski definition) is 2. The summed E-state index contributed by atoms with van der Waals surface area (Å²) in [6.07, 6.45) is 3.27. The predicted molar refractivity (Wildman–Crippen MR) is 103 cm³/mol. The van der Waals surface area contributed by atoms with Crippen molar-refractivity contribution >= 4 is 23.4 Å². The summed E-state index contributed by atoms with van der Waals surface area (Å²) < 4.78 is 0. The number of aliphatic carboxylic acids is 1. The molecule has 1 saturated carbocycles. The van der Waals surface area contributed by atoms with Crippen LogP contribution in [-0.4, -0.2) is 17.1 Å². The molecule has 1 fully saturated rings. The molecular formula is C21H24N2O3. The van der Waals surface area contributed by atoms with Crippen LogP contribution in [0.3, 0.4) is 0 Å². The molecule has 3 N–H and O–H groups in total. The fraction of sp³-hybridized carbons (Fsp3) is 0.333. The van der Waals surface area contributed by atoms with Crippen molar-refractivity contribution in [3.05, 3.63) is 59.7 Å². The number of urea groups is 1. The molecule has 0 aliphatic heterocycles. The first-order valence-electron chi connectivity index (χ1n) is 8.98. The molecule has 0 saturated heterocycles. The summed E-state index contributed by atoms with van der Waals surface area (Å²) in [6, 6.07) is 15.2. The Labute approximate surface area is 153 Å². The van der Waals surface area contributed by atoms with E-state index in [4.69, 9.17) is 5.11 Å². The van der Waals surface area contributed by atoms with Crippen molar-refractivity contribution in [2.24, 2.45) is 5.92 Å². The molecule has 136 valence electrons. The van der Waals surface area contributed by atoms with Crippen LogP contribution < -0.4 is 10.6 Å². The van der Waals surface area contributed by atoms with Crippen LogP contribution in [0.1, 0.15) is 42.7 Å². The van der Waals surface area contributed by atoms with Gasteiger partial charge in [-0.25, -0.2) is 4.79 Å². The van der Waals surface area contributed by atoms with Gasteiger partial charge in [-0.3, -0.25) is 4.79 Å². The molecule has 0 atom stereocenters. The third-order valence-electron chi connectivity index (χ3n) is 4.99. The van der Waals surface area contributed by atoms with Crippen LogP contribution in [-0.2, 0) is 4.79 Å². The van der Waals surface area contributed by atoms with Crippen LogP contribution in [0.25, 0.3) is 0 Å². The van der Waals surface area contributed by atoms with Crippen molar-refractivity contribution in [3.8, 4) is 0 Å². The summed E-state index contributed by atoms with van der Waals surface area (Å²) in [6.45, 7) is 1.98. The van der Waals surface area contributed by atoms with Crippen molar-refractivity contribution in [3.63, 3.8) is 0 Å². The zero-order chi connectivity index (χ0) is 18.5. The van der Waals surface area contributed by atoms with Gasteiger partial charge in [-0.2, -0.15) is 0 Å². The highest BCUT2D eigenvalue weighted by Crippen LogP contribution is 2.36. The van der Waals surface area contributed by atoms with Crippen LogP contribution in [0.2, 0.25) is 0 Å². The average Bonchev–Trinajstić information content (AvgIpc) is 2.62. The number of hydrogen-bond donors (Lipinski definition) is 3. The van der Waals surface area contributed by atoms with Gasteiger partial charge in [-0.15, -0.1) is 0 Å². The fourth-order valence-corrected chi connectivity index (χ4v) is 3.53. The average molecular weight is 352 g/mol. The minimum absolute atomic E-state index is 0.197. The first-order valence-corrected chi connectivity index (χ1v) is 8.98. The summed E-state index contributed by atoms with van der Waals surface area (Å²) in [4.78, 5) is 23.2. The number of nitrogens with one attached hydrogen (secondary N) is 2. The number of aryl methyl sites for hydroxylation is 1. The Hall–Kier alpha value is -2.82. The smallest absolute Gasteiger partial charge is 0.323 e. The Morgan fingerprint density at radius 1 is 0.923 bits per heavy atom. The van der Waals surface area contributed by atoms with E-state index in [0.717, 1.165) is 42.6 Å². The largest absolute Gasteiger partial charge is 0.481 e. The van der Waals surface area contributed by atoms with E-state index in [9.17, 15) is 9.59 Å². The van der Waals surface area contributed by atoms with E-state index >= 15 is 0 Å². The first kappa shape index (κ1) is 18.0. The Kier molecular flexibility index (Phi) is 5.56. The number of carboxylic acid groups (broad SMARTS) is 1. The summed E-state index contributed by atoms with van der Waals surface area (Å²) >= 11 is 0. The molecule has 0 heterocycles. The van der Waals surface area contributed by atoms with Crippen LogP contribution >= 0.6 is 0 Å². The lowest BCUT2D eigenvalue weighted by Gasteiger charge is -2.26. The summed E-state index contributed by atoms with van der Waals surface area (Å²) in [5, 5.41) is 14.7. The molecule has 0 aromatic heterocycles. The van der Waals surface area contributed by atoms with Crippen LogP contribution in [0.15, 0.2) is 48.5 Å². The second-order valence-corrected chi connectivity index (χ2v) is 6.96. The molecule has 26 heavy (non-hydrogen) atoms. The maximum Gasteiger partial charge on any atom is 0.323 e. The molecule has 3 rings (SSSR count). The first-order chi connectivity index (χ1) is 12.5. The van der Waals surface area contributed by atoms with Gasteiger partial charge in [-0.05, 0) is 73.9 Å². The Bertz CT molecular complexity index is 778. The van der Waals surface area contributed by atoms with Crippen LogP contribution in [0.4, 0.5) is 16.2 Å². The topological polar surface area (TPSA) is 78.4 Å². The molecule has 0 bridgehead atoms. The van der Waals surface area contributed by atoms with E-state index in [-0.39, 0.29) is 11.9 Å². The van der Waals surface area contributed by atoms with E-state index < -0.39 is 5.97 Å². The molecule has 2 aromatic rings. The molecule has 0 radical (unpaired) electrons. The summed E-state index contributed by atoms with van der Waals surface area (Å²) in [5.74, 6) is -0.471. The quantitative estimate of drug-likeness (QED) is 0.725. The molecule has 1 aliphatic rings. The lowest BCUT2D eigenvalue weighted by atomic mass is 9.79. The number of carbonyl (C=O) groups is 2. The van der Waals surface area contributed by atoms with Gasteiger partial charge in [0.15, 0.2) is 0 Å². The van der Waals surface area contributed by atoms with Crippen molar-refractivity contribution in [2.45, 2.75) is 38.5 Å². The van der Waals surface area contributed by atoms with Gasteiger partial charge in [0.2, 0.25) is 0 Å². The van der Waals surface area contributed by atoms with Gasteiger partial charge in [0.1, 0.15) is 0 Å². The third kappa shape index (κ3) is 4.63. The number of anilines is 2. The highest BCUT2D eigenvalue weighted by Gasteiger charge is 2.26. The minimum Gasteiger partial charge on any atom is -0.481 e. The number of carboxylic acids is 1. The molecule has 2 aromatic carbocycles. The van der Waals surface area contributed by atoms with Crippen LogP contribution in [0, 0.1) is 12.8 Å². The second-order valence-electron chi connectivity index (χ2n) is 6.96. The molecule has 0 unspecified atom stereocenters. The standard InChI is InChI=1S/C21H24N2O3/c1-14-3-2-4-19(13-14)23-21(26)22-18-11-9-16(10-12-18)15-5-7-17(8-6-15)20(24)25/h2-4,9-13,15,17H,5-8H2,1H3,(H,24,25)(H2,22,23,26)/t15-,17-. The summed E-state index contributed by atoms with van der Waals surface area (Å²) in [7, 11) is 0. The highest BCUT2D eigenvalue weighted by atomic mass is 16.4. The zero-order valence-corrected chi connectivity index (χ0v) is 14.9. The van der Waals surface area contributed by atoms with Gasteiger partial charge in [0.05, 0.1) is 5.92 Å². The molecule has 5 nitrogen and oxygen atoms in total. The molecule has 5 heteroatoms. The second kappa shape index (κ2) is 8.04. The Morgan fingerprint density at radius 3 is 2.19 bits per heavy atom. The third-order valence-corrected chi connectivity index (χ3v) is 4.99. The highest BCUT2D eigenvalue weighted by molar-refractivity contribution is 5.99. The maximum atomic E-state index is 12.1. The van der Waals surface area contributed by atoms with Gasteiger partial charge < -0.3 is 15.7 Å². The van der Waals surface area contributed by atoms with Crippen molar-refractivity contribution in [1.82, 2.24) is 0 Å². The monoisotopic (exact) mass is 352 g/mol. The fourth-order valence-electron chi connectivity index (χ4n) is 3.53. The lowest BCUT2D eigenvalue weighted by Crippen LogP contribution is -2.21. The van der Waals surface area contributed by atoms with E-state index in [1.807, 2.05) is 55.5 Å². The summed E-state index contributed by atoms with van der Waals surface area (Å²) in [5.41, 5.74) is 3.79. The van der Waals surface area contributed by atoms with Crippen LogP contribution in [0.5, 0.6) is 0 Å². The zero-order valence-electron chi connectivity index (χ0n) is 14.9. The lowest BCUT2D eigenvalue weighted by molar-refractivity contribution is -0.142. The van der Waals surface area contributed by atoms with Gasteiger partial charge in [0, 0.05) is 11.4 Å². The molecule has 1 aliphatic carbocycles. The molecule has 0 spiro atoms. The molecular weight excluding hydrogens is 328 g/mol. The van der Waals surface area contributed by atoms with Crippen molar-refractivity contribution < 1.29 is 14.7 Å². The van der Waals surface area contributed by atoms with Gasteiger partial charge >= 0.3 is 12.0 Å². The van der Waals surface area contributed by atoms with Crippen molar-refractivity contribution in [2.75, 3.05) is 10.6 Å².